The third kappa shape index (κ3) is 4.56. The minimum Gasteiger partial charge on any atom is -0.467 e. The summed E-state index contributed by atoms with van der Waals surface area (Å²) in [6.07, 6.45) is 0.930. The molecule has 7 heteroatoms. The number of halogens is 1. The van der Waals surface area contributed by atoms with Crippen LogP contribution in [0.25, 0.3) is 0 Å². The van der Waals surface area contributed by atoms with E-state index in [1.807, 2.05) is 13.0 Å². The fourth-order valence-electron chi connectivity index (χ4n) is 3.46. The van der Waals surface area contributed by atoms with Crippen LogP contribution in [0.5, 0.6) is 5.88 Å². The maximum absolute atomic E-state index is 13.4. The highest BCUT2D eigenvalue weighted by Gasteiger charge is 2.19. The van der Waals surface area contributed by atoms with Gasteiger partial charge >= 0.3 is 0 Å². The molecule has 1 amide bonds. The van der Waals surface area contributed by atoms with E-state index < -0.39 is 5.82 Å². The maximum Gasteiger partial charge on any atom is 0.262 e. The van der Waals surface area contributed by atoms with E-state index in [9.17, 15) is 9.18 Å². The summed E-state index contributed by atoms with van der Waals surface area (Å²) in [7, 11) is 0. The van der Waals surface area contributed by atoms with E-state index in [-0.39, 0.29) is 12.5 Å². The van der Waals surface area contributed by atoms with Crippen LogP contribution in [0.15, 0.2) is 48.5 Å². The van der Waals surface area contributed by atoms with Crippen molar-refractivity contribution in [3.8, 4) is 5.88 Å². The first-order valence-electron chi connectivity index (χ1n) is 9.84. The first-order valence-corrected chi connectivity index (χ1v) is 9.84. The van der Waals surface area contributed by atoms with Gasteiger partial charge in [-0.1, -0.05) is 30.3 Å². The Morgan fingerprint density at radius 3 is 2.77 bits per heavy atom. The minimum atomic E-state index is -0.406. The van der Waals surface area contributed by atoms with Crippen LogP contribution in [0.2, 0.25) is 0 Å². The van der Waals surface area contributed by atoms with Crippen molar-refractivity contribution in [2.75, 3.05) is 23.4 Å². The van der Waals surface area contributed by atoms with E-state index in [1.54, 1.807) is 19.1 Å². The molecule has 3 aromatic rings. The molecule has 2 aromatic carbocycles. The Kier molecular flexibility index (Phi) is 5.61. The molecule has 4 rings (SSSR count). The van der Waals surface area contributed by atoms with Gasteiger partial charge in [-0.15, -0.1) is 0 Å². The summed E-state index contributed by atoms with van der Waals surface area (Å²) in [6.45, 7) is 4.99. The standard InChI is InChI=1S/C23H23FN4O2/c1-15-7-8-19(24)12-20(15)26-21(29)14-30-22-11-16(2)25-23(27-22)28-10-9-17-5-3-4-6-18(17)13-28/h3-8,11-12H,9-10,13-14H2,1-2H3,(H,26,29). The van der Waals surface area contributed by atoms with Crippen LogP contribution in [-0.2, 0) is 17.8 Å². The number of aryl methyl sites for hydroxylation is 2. The topological polar surface area (TPSA) is 67.3 Å². The van der Waals surface area contributed by atoms with E-state index in [2.05, 4.69) is 38.4 Å². The van der Waals surface area contributed by atoms with E-state index in [0.29, 0.717) is 17.5 Å². The van der Waals surface area contributed by atoms with Crippen LogP contribution in [-0.4, -0.2) is 29.0 Å². The van der Waals surface area contributed by atoms with Crippen molar-refractivity contribution >= 4 is 17.5 Å². The zero-order valence-corrected chi connectivity index (χ0v) is 17.0. The lowest BCUT2D eigenvalue weighted by molar-refractivity contribution is -0.118. The Morgan fingerprint density at radius 2 is 1.93 bits per heavy atom. The van der Waals surface area contributed by atoms with Gasteiger partial charge in [-0.25, -0.2) is 9.37 Å². The number of benzene rings is 2. The molecule has 0 aliphatic carbocycles. The molecule has 0 bridgehead atoms. The van der Waals surface area contributed by atoms with Gasteiger partial charge in [-0.3, -0.25) is 4.79 Å². The molecular weight excluding hydrogens is 383 g/mol. The number of nitrogens with one attached hydrogen (secondary N) is 1. The SMILES string of the molecule is Cc1cc(OCC(=O)Nc2cc(F)ccc2C)nc(N2CCc3ccccc3C2)n1. The average molecular weight is 406 g/mol. The number of aromatic nitrogens is 2. The van der Waals surface area contributed by atoms with Crippen LogP contribution in [0.1, 0.15) is 22.4 Å². The third-order valence-electron chi connectivity index (χ3n) is 5.06. The molecule has 1 aliphatic heterocycles. The smallest absolute Gasteiger partial charge is 0.262 e. The van der Waals surface area contributed by atoms with Crippen molar-refractivity contribution in [3.63, 3.8) is 0 Å². The van der Waals surface area contributed by atoms with Crippen LogP contribution >= 0.6 is 0 Å². The van der Waals surface area contributed by atoms with Crippen molar-refractivity contribution < 1.29 is 13.9 Å². The molecule has 1 aromatic heterocycles. The second-order valence-corrected chi connectivity index (χ2v) is 7.38. The van der Waals surface area contributed by atoms with Crippen LogP contribution < -0.4 is 15.0 Å². The van der Waals surface area contributed by atoms with Gasteiger partial charge in [0.1, 0.15) is 5.82 Å². The first-order chi connectivity index (χ1) is 14.5. The summed E-state index contributed by atoms with van der Waals surface area (Å²) < 4.78 is 19.0. The second-order valence-electron chi connectivity index (χ2n) is 7.38. The summed E-state index contributed by atoms with van der Waals surface area (Å²) in [5.41, 5.74) is 4.57. The lowest BCUT2D eigenvalue weighted by Crippen LogP contribution is -2.32. The van der Waals surface area contributed by atoms with Gasteiger partial charge < -0.3 is 15.0 Å². The highest BCUT2D eigenvalue weighted by atomic mass is 19.1. The fraction of sp³-hybridized carbons (Fsp3) is 0.261. The molecule has 6 nitrogen and oxygen atoms in total. The van der Waals surface area contributed by atoms with Gasteiger partial charge in [0.2, 0.25) is 11.8 Å². The number of hydrogen-bond acceptors (Lipinski definition) is 5. The predicted molar refractivity (Wildman–Crippen MR) is 113 cm³/mol. The lowest BCUT2D eigenvalue weighted by Gasteiger charge is -2.29. The molecule has 0 fully saturated rings. The molecule has 2 heterocycles. The highest BCUT2D eigenvalue weighted by molar-refractivity contribution is 5.92. The molecule has 0 radical (unpaired) electrons. The number of nitrogens with zero attached hydrogens (tertiary/aromatic N) is 3. The third-order valence-corrected chi connectivity index (χ3v) is 5.06. The molecule has 0 unspecified atom stereocenters. The Bertz CT molecular complexity index is 1090. The Hall–Kier alpha value is -3.48. The van der Waals surface area contributed by atoms with E-state index in [1.165, 1.54) is 23.3 Å². The molecule has 0 spiro atoms. The zero-order valence-electron chi connectivity index (χ0n) is 17.0. The van der Waals surface area contributed by atoms with Crippen molar-refractivity contribution in [2.24, 2.45) is 0 Å². The van der Waals surface area contributed by atoms with Crippen LogP contribution in [0.3, 0.4) is 0 Å². The van der Waals surface area contributed by atoms with Crippen LogP contribution in [0, 0.1) is 19.7 Å². The van der Waals surface area contributed by atoms with Gasteiger partial charge in [-0.2, -0.15) is 4.98 Å². The molecule has 154 valence electrons. The summed E-state index contributed by atoms with van der Waals surface area (Å²) in [5.74, 6) is 0.132. The second kappa shape index (κ2) is 8.49. The van der Waals surface area contributed by atoms with E-state index in [0.717, 1.165) is 30.8 Å². The van der Waals surface area contributed by atoms with Crippen molar-refractivity contribution in [2.45, 2.75) is 26.8 Å². The number of amides is 1. The van der Waals surface area contributed by atoms with Gasteiger partial charge in [-0.05, 0) is 49.1 Å². The minimum absolute atomic E-state index is 0.227. The molecule has 1 N–H and O–H groups in total. The fourth-order valence-corrected chi connectivity index (χ4v) is 3.46. The first kappa shape index (κ1) is 19.8. The Morgan fingerprint density at radius 1 is 1.13 bits per heavy atom. The predicted octanol–water partition coefficient (Wildman–Crippen LogP) is 3.81. The number of carbonyl (C=O) groups is 1. The largest absolute Gasteiger partial charge is 0.467 e. The van der Waals surface area contributed by atoms with Crippen LogP contribution in [0.4, 0.5) is 16.0 Å². The average Bonchev–Trinajstić information content (AvgIpc) is 2.74. The highest BCUT2D eigenvalue weighted by Crippen LogP contribution is 2.24. The van der Waals surface area contributed by atoms with Gasteiger partial charge in [0.15, 0.2) is 6.61 Å². The normalized spacial score (nSPS) is 13.0. The monoisotopic (exact) mass is 406 g/mol. The van der Waals surface area contributed by atoms with Gasteiger partial charge in [0.25, 0.3) is 5.91 Å². The van der Waals surface area contributed by atoms with Crippen molar-refractivity contribution in [1.29, 1.82) is 0 Å². The summed E-state index contributed by atoms with van der Waals surface area (Å²) >= 11 is 0. The number of carbonyl (C=O) groups excluding carboxylic acids is 1. The molecule has 0 atom stereocenters. The van der Waals surface area contributed by atoms with Gasteiger partial charge in [0, 0.05) is 30.5 Å². The van der Waals surface area contributed by atoms with E-state index >= 15 is 0 Å². The van der Waals surface area contributed by atoms with Crippen molar-refractivity contribution in [1.82, 2.24) is 9.97 Å². The number of fused-ring (bicyclic) bond motifs is 1. The Labute approximate surface area is 174 Å². The number of rotatable bonds is 5. The molecule has 0 saturated carbocycles. The molecule has 0 saturated heterocycles. The molecule has 30 heavy (non-hydrogen) atoms. The lowest BCUT2D eigenvalue weighted by atomic mass is 10.0. The van der Waals surface area contributed by atoms with Crippen molar-refractivity contribution in [3.05, 3.63) is 76.7 Å². The summed E-state index contributed by atoms with van der Waals surface area (Å²) in [6, 6.07) is 14.3. The number of hydrogen-bond donors (Lipinski definition) is 1. The van der Waals surface area contributed by atoms with E-state index in [4.69, 9.17) is 4.74 Å². The summed E-state index contributed by atoms with van der Waals surface area (Å²) in [4.78, 5) is 23.4. The number of ether oxygens (including phenoxy) is 1. The summed E-state index contributed by atoms with van der Waals surface area (Å²) in [5, 5.41) is 2.67. The zero-order chi connectivity index (χ0) is 21.1. The quantitative estimate of drug-likeness (QED) is 0.698. The molecule has 1 aliphatic rings. The molecular formula is C23H23FN4O2. The number of anilines is 2. The van der Waals surface area contributed by atoms with Gasteiger partial charge in [0.05, 0.1) is 0 Å². The maximum atomic E-state index is 13.4. The Balaban J connectivity index is 1.42.